The summed E-state index contributed by atoms with van der Waals surface area (Å²) in [6.07, 6.45) is -9.88. The van der Waals surface area contributed by atoms with Gasteiger partial charge in [0.15, 0.2) is 0 Å². The highest BCUT2D eigenvalue weighted by Crippen LogP contribution is 2.64. The van der Waals surface area contributed by atoms with Gasteiger partial charge in [0, 0.05) is 31.1 Å². The standard InChI is InChI=1S/C29H19F17N6O2S/c1-50-21-19(15-7-3-2-4-8-15)48-52(20(21)17-9-5-6-10-18(17)55(50,53)54)14-16-13-51(49-47-16)12-11-22(30,31)23(32,33)24(34,35)25(36,37)26(38,39)27(40,41)28(42,43)29(44,45)46/h2-10,13H,11-12,14H2,1H3. The molecule has 302 valence electrons. The third-order valence-corrected chi connectivity index (χ3v) is 10.2. The molecule has 0 radical (unpaired) electrons. The topological polar surface area (TPSA) is 85.9 Å². The van der Waals surface area contributed by atoms with Crippen molar-refractivity contribution in [2.24, 2.45) is 0 Å². The van der Waals surface area contributed by atoms with Gasteiger partial charge in [-0.2, -0.15) is 79.7 Å². The molecule has 26 heteroatoms. The van der Waals surface area contributed by atoms with Crippen molar-refractivity contribution < 1.29 is 83.1 Å². The maximum atomic E-state index is 14.5. The van der Waals surface area contributed by atoms with Gasteiger partial charge < -0.3 is 0 Å². The summed E-state index contributed by atoms with van der Waals surface area (Å²) in [7, 11) is -2.92. The largest absolute Gasteiger partial charge is 0.460 e. The number of rotatable bonds is 12. The minimum atomic E-state index is -8.71. The Morgan fingerprint density at radius 3 is 1.73 bits per heavy atom. The number of aryl methyl sites for hydroxylation is 1. The van der Waals surface area contributed by atoms with E-state index in [1.807, 2.05) is 0 Å². The minimum absolute atomic E-state index is 0.0577. The molecule has 0 aliphatic carbocycles. The van der Waals surface area contributed by atoms with E-state index < -0.39 is 77.2 Å². The van der Waals surface area contributed by atoms with Crippen molar-refractivity contribution in [1.29, 1.82) is 0 Å². The van der Waals surface area contributed by atoms with Gasteiger partial charge in [-0.05, 0) is 6.07 Å². The molecule has 8 nitrogen and oxygen atoms in total. The monoisotopic (exact) mass is 838 g/mol. The summed E-state index contributed by atoms with van der Waals surface area (Å²) < 4.78 is 261. The number of anilines is 1. The van der Waals surface area contributed by atoms with Crippen LogP contribution in [-0.4, -0.2) is 87.9 Å². The Kier molecular flexibility index (Phi) is 9.58. The Morgan fingerprint density at radius 2 is 1.16 bits per heavy atom. The van der Waals surface area contributed by atoms with Crippen LogP contribution in [-0.2, 0) is 23.1 Å². The molecule has 2 aromatic heterocycles. The zero-order chi connectivity index (χ0) is 41.6. The van der Waals surface area contributed by atoms with E-state index in [-0.39, 0.29) is 37.9 Å². The van der Waals surface area contributed by atoms with Gasteiger partial charge in [-0.15, -0.1) is 5.10 Å². The van der Waals surface area contributed by atoms with Crippen LogP contribution in [0.15, 0.2) is 65.7 Å². The van der Waals surface area contributed by atoms with Gasteiger partial charge in [-0.1, -0.05) is 53.7 Å². The summed E-state index contributed by atoms with van der Waals surface area (Å²) in [5.41, 5.74) is 0.575. The Hall–Kier alpha value is -4.65. The summed E-state index contributed by atoms with van der Waals surface area (Å²) >= 11 is 0. The van der Waals surface area contributed by atoms with Gasteiger partial charge in [0.05, 0.1) is 23.3 Å². The molecule has 1 aliphatic heterocycles. The molecule has 0 fully saturated rings. The SMILES string of the molecule is CN1c2c(-c3ccccc3)nn(Cc3cn(CCC(F)(F)C(F)(F)C(F)(F)C(F)(F)C(F)(F)C(F)(F)C(F)(F)C(F)(F)F)nn3)c2-c2ccccc2S1(=O)=O. The highest BCUT2D eigenvalue weighted by Gasteiger charge is 2.95. The average molecular weight is 839 g/mol. The predicted octanol–water partition coefficient (Wildman–Crippen LogP) is 8.39. The van der Waals surface area contributed by atoms with Crippen LogP contribution in [0.5, 0.6) is 0 Å². The molecule has 0 saturated carbocycles. The summed E-state index contributed by atoms with van der Waals surface area (Å²) in [4.78, 5) is -0.171. The van der Waals surface area contributed by atoms with Crippen LogP contribution in [0.3, 0.4) is 0 Å². The second-order valence-electron chi connectivity index (χ2n) is 11.9. The van der Waals surface area contributed by atoms with Crippen molar-refractivity contribution in [2.75, 3.05) is 11.4 Å². The van der Waals surface area contributed by atoms with E-state index in [4.69, 9.17) is 0 Å². The average Bonchev–Trinajstić information content (AvgIpc) is 3.70. The third kappa shape index (κ3) is 5.95. The van der Waals surface area contributed by atoms with E-state index in [1.54, 1.807) is 30.3 Å². The summed E-state index contributed by atoms with van der Waals surface area (Å²) in [5.74, 6) is -57.0. The molecular weight excluding hydrogens is 819 g/mol. The van der Waals surface area contributed by atoms with Gasteiger partial charge in [0.2, 0.25) is 0 Å². The second-order valence-corrected chi connectivity index (χ2v) is 13.8. The Bertz CT molecular complexity index is 2180. The lowest BCUT2D eigenvalue weighted by atomic mass is 9.88. The zero-order valence-corrected chi connectivity index (χ0v) is 27.5. The first-order chi connectivity index (χ1) is 24.9. The Labute approximate surface area is 296 Å². The fourth-order valence-electron chi connectivity index (χ4n) is 5.36. The first-order valence-electron chi connectivity index (χ1n) is 14.7. The van der Waals surface area contributed by atoms with Crippen molar-refractivity contribution >= 4 is 15.7 Å². The molecule has 0 unspecified atom stereocenters. The molecule has 5 rings (SSSR count). The summed E-state index contributed by atoms with van der Waals surface area (Å²) in [6, 6.07) is 13.6. The molecule has 0 N–H and O–H groups in total. The van der Waals surface area contributed by atoms with Gasteiger partial charge in [0.25, 0.3) is 10.0 Å². The van der Waals surface area contributed by atoms with E-state index in [0.717, 1.165) is 4.31 Å². The van der Waals surface area contributed by atoms with Gasteiger partial charge in [-0.3, -0.25) is 13.7 Å². The van der Waals surface area contributed by atoms with Crippen molar-refractivity contribution in [2.45, 2.75) is 72.0 Å². The molecule has 4 aromatic rings. The molecule has 2 aromatic carbocycles. The number of fused-ring (bicyclic) bond motifs is 3. The van der Waals surface area contributed by atoms with Gasteiger partial charge in [0.1, 0.15) is 17.1 Å². The number of hydrogen-bond donors (Lipinski definition) is 0. The number of benzene rings is 2. The fraction of sp³-hybridized carbons (Fsp3) is 0.414. The lowest BCUT2D eigenvalue weighted by Gasteiger charge is -2.42. The lowest BCUT2D eigenvalue weighted by Crippen LogP contribution is -2.74. The first-order valence-corrected chi connectivity index (χ1v) is 16.2. The number of hydrogen-bond acceptors (Lipinski definition) is 5. The molecule has 0 atom stereocenters. The number of halogens is 17. The van der Waals surface area contributed by atoms with Crippen molar-refractivity contribution in [3.8, 4) is 22.5 Å². The van der Waals surface area contributed by atoms with Crippen LogP contribution in [0.4, 0.5) is 80.3 Å². The quantitative estimate of drug-likeness (QED) is 0.134. The van der Waals surface area contributed by atoms with Crippen LogP contribution in [0.2, 0.25) is 0 Å². The van der Waals surface area contributed by atoms with Crippen LogP contribution in [0.1, 0.15) is 12.1 Å². The highest BCUT2D eigenvalue weighted by atomic mass is 32.2. The van der Waals surface area contributed by atoms with E-state index in [0.29, 0.717) is 11.8 Å². The van der Waals surface area contributed by atoms with E-state index in [1.165, 1.54) is 36.0 Å². The van der Waals surface area contributed by atoms with E-state index >= 15 is 0 Å². The first kappa shape index (κ1) is 41.5. The smallest absolute Gasteiger partial charge is 0.265 e. The second kappa shape index (κ2) is 12.7. The normalized spacial score (nSPS) is 15.9. The molecule has 55 heavy (non-hydrogen) atoms. The Morgan fingerprint density at radius 1 is 0.655 bits per heavy atom. The minimum Gasteiger partial charge on any atom is -0.265 e. The number of sulfonamides is 1. The molecule has 1 aliphatic rings. The lowest BCUT2D eigenvalue weighted by molar-refractivity contribution is -0.461. The van der Waals surface area contributed by atoms with Crippen molar-refractivity contribution in [3.05, 3.63) is 66.5 Å². The summed E-state index contributed by atoms with van der Waals surface area (Å²) in [6.45, 7) is -2.19. The molecule has 3 heterocycles. The predicted molar refractivity (Wildman–Crippen MR) is 153 cm³/mol. The van der Waals surface area contributed by atoms with Crippen LogP contribution in [0.25, 0.3) is 22.5 Å². The third-order valence-electron chi connectivity index (χ3n) is 8.41. The van der Waals surface area contributed by atoms with Gasteiger partial charge >= 0.3 is 47.6 Å². The number of aromatic nitrogens is 5. The maximum Gasteiger partial charge on any atom is 0.460 e. The molecule has 0 amide bonds. The van der Waals surface area contributed by atoms with Crippen LogP contribution in [0, 0.1) is 0 Å². The number of alkyl halides is 17. The van der Waals surface area contributed by atoms with Gasteiger partial charge in [-0.25, -0.2) is 8.42 Å². The zero-order valence-electron chi connectivity index (χ0n) is 26.7. The molecule has 0 bridgehead atoms. The molecular formula is C29H19F17N6O2S. The van der Waals surface area contributed by atoms with Crippen LogP contribution >= 0.6 is 0 Å². The Balaban J connectivity index is 1.43. The highest BCUT2D eigenvalue weighted by molar-refractivity contribution is 7.93. The van der Waals surface area contributed by atoms with Crippen molar-refractivity contribution in [1.82, 2.24) is 24.8 Å². The fourth-order valence-corrected chi connectivity index (χ4v) is 6.76. The number of nitrogens with zero attached hydrogens (tertiary/aromatic N) is 6. The summed E-state index contributed by atoms with van der Waals surface area (Å²) in [5, 5.41) is 11.3. The maximum absolute atomic E-state index is 14.5. The molecule has 0 spiro atoms. The van der Waals surface area contributed by atoms with E-state index in [2.05, 4.69) is 15.4 Å². The van der Waals surface area contributed by atoms with Crippen molar-refractivity contribution in [3.63, 3.8) is 0 Å². The molecule has 0 saturated heterocycles. The van der Waals surface area contributed by atoms with E-state index in [9.17, 15) is 83.1 Å². The van der Waals surface area contributed by atoms with Crippen LogP contribution < -0.4 is 4.31 Å².